The quantitative estimate of drug-likeness (QED) is 0.841. The Kier molecular flexibility index (Phi) is 4.97. The molecule has 0 aromatic heterocycles. The summed E-state index contributed by atoms with van der Waals surface area (Å²) >= 11 is 0. The van der Waals surface area contributed by atoms with Gasteiger partial charge in [-0.15, -0.1) is 0 Å². The fourth-order valence-corrected chi connectivity index (χ4v) is 3.98. The van der Waals surface area contributed by atoms with E-state index in [-0.39, 0.29) is 11.9 Å². The van der Waals surface area contributed by atoms with Gasteiger partial charge in [-0.25, -0.2) is 0 Å². The predicted octanol–water partition coefficient (Wildman–Crippen LogP) is 2.47. The minimum Gasteiger partial charge on any atom is -0.376 e. The molecule has 0 bridgehead atoms. The van der Waals surface area contributed by atoms with E-state index in [1.807, 2.05) is 0 Å². The minimum absolute atomic E-state index is 0.238. The van der Waals surface area contributed by atoms with Gasteiger partial charge in [-0.3, -0.25) is 0 Å². The van der Waals surface area contributed by atoms with Crippen molar-refractivity contribution in [2.45, 2.75) is 69.8 Å². The van der Waals surface area contributed by atoms with E-state index < -0.39 is 0 Å². The number of rotatable bonds is 5. The third-order valence-corrected chi connectivity index (χ3v) is 5.10. The molecule has 1 spiro atoms. The van der Waals surface area contributed by atoms with Gasteiger partial charge in [0, 0.05) is 25.5 Å². The zero-order chi connectivity index (χ0) is 13.8. The molecule has 2 unspecified atom stereocenters. The molecule has 20 heavy (non-hydrogen) atoms. The van der Waals surface area contributed by atoms with Crippen LogP contribution < -0.4 is 5.32 Å². The summed E-state index contributed by atoms with van der Waals surface area (Å²) in [5, 5.41) is 3.58. The van der Waals surface area contributed by atoms with Gasteiger partial charge in [0.05, 0.1) is 19.3 Å². The van der Waals surface area contributed by atoms with E-state index in [2.05, 4.69) is 12.2 Å². The number of hydrogen-bond acceptors (Lipinski definition) is 4. The summed E-state index contributed by atoms with van der Waals surface area (Å²) in [6, 6.07) is 0.458. The van der Waals surface area contributed by atoms with E-state index in [9.17, 15) is 0 Å². The fourth-order valence-electron chi connectivity index (χ4n) is 3.98. The smallest absolute Gasteiger partial charge is 0.171 e. The van der Waals surface area contributed by atoms with E-state index in [0.717, 1.165) is 51.5 Å². The van der Waals surface area contributed by atoms with Crippen LogP contribution in [0.4, 0.5) is 0 Å². The molecule has 0 amide bonds. The number of hydrogen-bond donors (Lipinski definition) is 1. The van der Waals surface area contributed by atoms with Gasteiger partial charge in [-0.1, -0.05) is 19.8 Å². The lowest BCUT2D eigenvalue weighted by Gasteiger charge is -2.41. The molecule has 1 N–H and O–H groups in total. The summed E-state index contributed by atoms with van der Waals surface area (Å²) in [6.45, 7) is 5.56. The van der Waals surface area contributed by atoms with Crippen LogP contribution in [0.2, 0.25) is 0 Å². The third-order valence-electron chi connectivity index (χ3n) is 5.10. The molecular formula is C16H29NO3. The first-order valence-electron chi connectivity index (χ1n) is 8.44. The highest BCUT2D eigenvalue weighted by molar-refractivity contribution is 4.92. The molecule has 4 nitrogen and oxygen atoms in total. The Labute approximate surface area is 122 Å². The maximum Gasteiger partial charge on any atom is 0.171 e. The average Bonchev–Trinajstić information content (AvgIpc) is 3.12. The predicted molar refractivity (Wildman–Crippen MR) is 77.6 cm³/mol. The van der Waals surface area contributed by atoms with E-state index >= 15 is 0 Å². The van der Waals surface area contributed by atoms with Crippen LogP contribution in [-0.2, 0) is 14.2 Å². The van der Waals surface area contributed by atoms with Crippen molar-refractivity contribution in [3.05, 3.63) is 0 Å². The van der Waals surface area contributed by atoms with Crippen LogP contribution in [0.5, 0.6) is 0 Å². The first-order valence-corrected chi connectivity index (χ1v) is 8.44. The normalized spacial score (nSPS) is 34.0. The molecule has 3 aliphatic rings. The molecule has 3 fully saturated rings. The van der Waals surface area contributed by atoms with Crippen molar-refractivity contribution in [2.24, 2.45) is 5.92 Å². The first-order chi connectivity index (χ1) is 9.81. The standard InChI is InChI=1S/C16H29NO3/c1-2-17-14-7-8-16(19-9-10-20-16)11-15(14)18-12-13-5-3-4-6-13/h13-15,17H,2-12H2,1H3. The first kappa shape index (κ1) is 14.8. The zero-order valence-electron chi connectivity index (χ0n) is 12.7. The van der Waals surface area contributed by atoms with Gasteiger partial charge >= 0.3 is 0 Å². The van der Waals surface area contributed by atoms with Gasteiger partial charge in [0.15, 0.2) is 5.79 Å². The van der Waals surface area contributed by atoms with Crippen LogP contribution in [0, 0.1) is 5.92 Å². The highest BCUT2D eigenvalue weighted by atomic mass is 16.7. The Hall–Kier alpha value is -0.160. The van der Waals surface area contributed by atoms with Crippen LogP contribution >= 0.6 is 0 Å². The maximum absolute atomic E-state index is 6.30. The van der Waals surface area contributed by atoms with Crippen LogP contribution in [0.1, 0.15) is 51.9 Å². The van der Waals surface area contributed by atoms with Gasteiger partial charge in [0.25, 0.3) is 0 Å². The summed E-state index contributed by atoms with van der Waals surface area (Å²) in [6.07, 6.45) is 8.65. The van der Waals surface area contributed by atoms with E-state index in [0.29, 0.717) is 6.04 Å². The average molecular weight is 283 g/mol. The maximum atomic E-state index is 6.30. The molecule has 0 aromatic rings. The highest BCUT2D eigenvalue weighted by Gasteiger charge is 2.45. The van der Waals surface area contributed by atoms with Crippen molar-refractivity contribution in [3.63, 3.8) is 0 Å². The lowest BCUT2D eigenvalue weighted by Crippen LogP contribution is -2.52. The fraction of sp³-hybridized carbons (Fsp3) is 1.00. The van der Waals surface area contributed by atoms with E-state index in [1.54, 1.807) is 0 Å². The molecule has 2 atom stereocenters. The third kappa shape index (κ3) is 3.35. The zero-order valence-corrected chi connectivity index (χ0v) is 12.7. The summed E-state index contributed by atoms with van der Waals surface area (Å²) in [5.41, 5.74) is 0. The van der Waals surface area contributed by atoms with Crippen molar-refractivity contribution in [1.29, 1.82) is 0 Å². The second-order valence-corrected chi connectivity index (χ2v) is 6.54. The Balaban J connectivity index is 1.56. The number of likely N-dealkylation sites (N-methyl/N-ethyl adjacent to an activating group) is 1. The largest absolute Gasteiger partial charge is 0.376 e. The molecule has 0 radical (unpaired) electrons. The van der Waals surface area contributed by atoms with Crippen molar-refractivity contribution in [3.8, 4) is 0 Å². The van der Waals surface area contributed by atoms with Crippen molar-refractivity contribution >= 4 is 0 Å². The van der Waals surface area contributed by atoms with Gasteiger partial charge < -0.3 is 19.5 Å². The van der Waals surface area contributed by atoms with Gasteiger partial charge in [-0.05, 0) is 31.7 Å². The Bertz CT molecular complexity index is 298. The van der Waals surface area contributed by atoms with Crippen molar-refractivity contribution in [2.75, 3.05) is 26.4 Å². The molecule has 1 heterocycles. The van der Waals surface area contributed by atoms with Crippen molar-refractivity contribution < 1.29 is 14.2 Å². The van der Waals surface area contributed by atoms with Crippen LogP contribution in [0.15, 0.2) is 0 Å². The Morgan fingerprint density at radius 2 is 1.90 bits per heavy atom. The molecule has 2 saturated carbocycles. The summed E-state index contributed by atoms with van der Waals surface area (Å²) in [7, 11) is 0. The Morgan fingerprint density at radius 1 is 1.15 bits per heavy atom. The lowest BCUT2D eigenvalue weighted by atomic mass is 9.87. The van der Waals surface area contributed by atoms with E-state index in [1.165, 1.54) is 25.7 Å². The van der Waals surface area contributed by atoms with Crippen molar-refractivity contribution in [1.82, 2.24) is 5.32 Å². The number of ether oxygens (including phenoxy) is 3. The molecule has 0 aromatic carbocycles. The molecule has 116 valence electrons. The number of nitrogens with one attached hydrogen (secondary N) is 1. The minimum atomic E-state index is -0.341. The molecule has 4 heteroatoms. The summed E-state index contributed by atoms with van der Waals surface area (Å²) < 4.78 is 18.1. The van der Waals surface area contributed by atoms with Crippen LogP contribution in [0.25, 0.3) is 0 Å². The lowest BCUT2D eigenvalue weighted by molar-refractivity contribution is -0.208. The molecule has 1 saturated heterocycles. The monoisotopic (exact) mass is 283 g/mol. The highest BCUT2D eigenvalue weighted by Crippen LogP contribution is 2.37. The second kappa shape index (κ2) is 6.73. The molecule has 1 aliphatic heterocycles. The van der Waals surface area contributed by atoms with Crippen LogP contribution in [-0.4, -0.2) is 44.3 Å². The topological polar surface area (TPSA) is 39.7 Å². The molecule has 2 aliphatic carbocycles. The molecule has 3 rings (SSSR count). The van der Waals surface area contributed by atoms with Gasteiger partial charge in [-0.2, -0.15) is 0 Å². The second-order valence-electron chi connectivity index (χ2n) is 6.54. The van der Waals surface area contributed by atoms with Crippen LogP contribution in [0.3, 0.4) is 0 Å². The van der Waals surface area contributed by atoms with Gasteiger partial charge in [0.2, 0.25) is 0 Å². The van der Waals surface area contributed by atoms with E-state index in [4.69, 9.17) is 14.2 Å². The summed E-state index contributed by atoms with van der Waals surface area (Å²) in [4.78, 5) is 0. The Morgan fingerprint density at radius 3 is 2.60 bits per heavy atom. The SMILES string of the molecule is CCNC1CCC2(CC1OCC1CCCC1)OCCO2. The van der Waals surface area contributed by atoms with Gasteiger partial charge in [0.1, 0.15) is 0 Å². The molecular weight excluding hydrogens is 254 g/mol. The summed E-state index contributed by atoms with van der Waals surface area (Å²) in [5.74, 6) is 0.437.